The van der Waals surface area contributed by atoms with Gasteiger partial charge in [0.05, 0.1) is 32.6 Å². The first-order valence-electron chi connectivity index (χ1n) is 9.95. The van der Waals surface area contributed by atoms with Gasteiger partial charge in [-0.05, 0) is 12.1 Å². The molecule has 7 nitrogen and oxygen atoms in total. The van der Waals surface area contributed by atoms with Gasteiger partial charge in [0.15, 0.2) is 5.79 Å². The predicted molar refractivity (Wildman–Crippen MR) is 109 cm³/mol. The first-order valence-corrected chi connectivity index (χ1v) is 9.95. The zero-order valence-corrected chi connectivity index (χ0v) is 16.4. The molecule has 29 heavy (non-hydrogen) atoms. The van der Waals surface area contributed by atoms with E-state index >= 15 is 0 Å². The summed E-state index contributed by atoms with van der Waals surface area (Å²) in [6.45, 7) is 3.17. The van der Waals surface area contributed by atoms with Gasteiger partial charge >= 0.3 is 0 Å². The van der Waals surface area contributed by atoms with Gasteiger partial charge < -0.3 is 23.9 Å². The second-order valence-corrected chi connectivity index (χ2v) is 7.58. The van der Waals surface area contributed by atoms with Crippen LogP contribution in [0.1, 0.15) is 12.8 Å². The van der Waals surface area contributed by atoms with E-state index in [1.165, 1.54) is 0 Å². The van der Waals surface area contributed by atoms with Crippen molar-refractivity contribution in [2.45, 2.75) is 18.6 Å². The Morgan fingerprint density at radius 2 is 1.86 bits per heavy atom. The maximum atomic E-state index is 12.7. The fraction of sp³-hybridized carbons (Fsp3) is 0.409. The van der Waals surface area contributed by atoms with Crippen molar-refractivity contribution in [1.29, 1.82) is 0 Å². The van der Waals surface area contributed by atoms with Crippen molar-refractivity contribution in [3.8, 4) is 5.75 Å². The van der Waals surface area contributed by atoms with E-state index in [0.717, 1.165) is 47.9 Å². The second kappa shape index (κ2) is 7.33. The van der Waals surface area contributed by atoms with Crippen molar-refractivity contribution in [2.24, 2.45) is 0 Å². The van der Waals surface area contributed by atoms with Crippen LogP contribution in [0, 0.1) is 0 Å². The summed E-state index contributed by atoms with van der Waals surface area (Å²) in [4.78, 5) is 14.8. The molecule has 2 aliphatic rings. The number of piperidine rings is 1. The minimum atomic E-state index is -0.428. The van der Waals surface area contributed by atoms with E-state index in [9.17, 15) is 4.79 Å². The van der Waals surface area contributed by atoms with Crippen LogP contribution in [0.25, 0.3) is 21.9 Å². The smallest absolute Gasteiger partial charge is 0.238 e. The molecule has 1 amide bonds. The highest BCUT2D eigenvalue weighted by Gasteiger charge is 2.39. The zero-order valence-electron chi connectivity index (χ0n) is 16.4. The Morgan fingerprint density at radius 3 is 2.62 bits per heavy atom. The number of likely N-dealkylation sites (tertiary alicyclic amines) is 1. The number of ether oxygens (including phenoxy) is 3. The number of hydrogen-bond donors (Lipinski definition) is 1. The van der Waals surface area contributed by atoms with Crippen LogP contribution in [0.4, 0.5) is 5.69 Å². The first-order chi connectivity index (χ1) is 14.2. The molecule has 0 bridgehead atoms. The lowest BCUT2D eigenvalue weighted by molar-refractivity contribution is -0.185. The molecular weight excluding hydrogens is 372 g/mol. The van der Waals surface area contributed by atoms with Crippen LogP contribution in [0.15, 0.2) is 40.8 Å². The van der Waals surface area contributed by atoms with Crippen LogP contribution in [-0.2, 0) is 14.3 Å². The summed E-state index contributed by atoms with van der Waals surface area (Å²) in [5.74, 6) is 0.105. The standard InChI is InChI=1S/C22H24N2O5/c1-26-20-12-16-15-4-2-3-5-18(15)29-19(16)13-17(20)23-21(25)14-24-8-6-22(7-9-24)27-10-11-28-22/h2-5,12-13H,6-11,14H2,1H3,(H,23,25). The molecule has 0 saturated carbocycles. The summed E-state index contributed by atoms with van der Waals surface area (Å²) in [7, 11) is 1.60. The van der Waals surface area contributed by atoms with Crippen molar-refractivity contribution in [3.05, 3.63) is 36.4 Å². The van der Waals surface area contributed by atoms with Gasteiger partial charge in [-0.2, -0.15) is 0 Å². The first kappa shape index (κ1) is 18.4. The van der Waals surface area contributed by atoms with Gasteiger partial charge in [0.1, 0.15) is 16.9 Å². The van der Waals surface area contributed by atoms with Gasteiger partial charge in [-0.25, -0.2) is 0 Å². The highest BCUT2D eigenvalue weighted by atomic mass is 16.7. The normalized spacial score (nSPS) is 19.2. The molecule has 5 rings (SSSR count). The highest BCUT2D eigenvalue weighted by molar-refractivity contribution is 6.07. The minimum absolute atomic E-state index is 0.0806. The molecule has 3 aromatic rings. The number of para-hydroxylation sites is 1. The molecule has 152 valence electrons. The molecule has 7 heteroatoms. The number of amides is 1. The third-order valence-electron chi connectivity index (χ3n) is 5.77. The van der Waals surface area contributed by atoms with Crippen molar-refractivity contribution >= 4 is 33.5 Å². The number of methoxy groups -OCH3 is 1. The summed E-state index contributed by atoms with van der Waals surface area (Å²) >= 11 is 0. The summed E-state index contributed by atoms with van der Waals surface area (Å²) in [6.07, 6.45) is 1.57. The molecule has 0 unspecified atom stereocenters. The molecule has 2 saturated heterocycles. The van der Waals surface area contributed by atoms with Gasteiger partial charge in [-0.3, -0.25) is 9.69 Å². The quantitative estimate of drug-likeness (QED) is 0.729. The summed E-state index contributed by atoms with van der Waals surface area (Å²) in [6, 6.07) is 11.6. The van der Waals surface area contributed by atoms with Crippen LogP contribution in [0.2, 0.25) is 0 Å². The number of fused-ring (bicyclic) bond motifs is 3. The molecule has 0 aliphatic carbocycles. The Bertz CT molecular complexity index is 1040. The monoisotopic (exact) mass is 396 g/mol. The fourth-order valence-corrected chi connectivity index (χ4v) is 4.25. The van der Waals surface area contributed by atoms with Gasteiger partial charge in [-0.15, -0.1) is 0 Å². The molecule has 1 N–H and O–H groups in total. The highest BCUT2D eigenvalue weighted by Crippen LogP contribution is 2.36. The van der Waals surface area contributed by atoms with Gasteiger partial charge in [0.25, 0.3) is 0 Å². The van der Waals surface area contributed by atoms with E-state index < -0.39 is 5.79 Å². The average Bonchev–Trinajstić information content (AvgIpc) is 3.33. The van der Waals surface area contributed by atoms with Crippen LogP contribution in [0.3, 0.4) is 0 Å². The number of nitrogens with one attached hydrogen (secondary N) is 1. The number of nitrogens with zero attached hydrogens (tertiary/aromatic N) is 1. The number of furan rings is 1. The molecule has 1 spiro atoms. The second-order valence-electron chi connectivity index (χ2n) is 7.58. The lowest BCUT2D eigenvalue weighted by atomic mass is 10.0. The molecule has 1 aromatic heterocycles. The summed E-state index contributed by atoms with van der Waals surface area (Å²) < 4.78 is 23.0. The Labute approximate surface area is 168 Å². The maximum absolute atomic E-state index is 12.7. The summed E-state index contributed by atoms with van der Waals surface area (Å²) in [5.41, 5.74) is 2.14. The van der Waals surface area contributed by atoms with Crippen LogP contribution >= 0.6 is 0 Å². The minimum Gasteiger partial charge on any atom is -0.495 e. The van der Waals surface area contributed by atoms with E-state index in [1.807, 2.05) is 36.4 Å². The van der Waals surface area contributed by atoms with E-state index in [2.05, 4.69) is 10.2 Å². The number of benzene rings is 2. The third kappa shape index (κ3) is 3.46. The molecule has 0 radical (unpaired) electrons. The lowest BCUT2D eigenvalue weighted by Crippen LogP contribution is -2.47. The Morgan fingerprint density at radius 1 is 1.10 bits per heavy atom. The Kier molecular flexibility index (Phi) is 4.66. The van der Waals surface area contributed by atoms with Gasteiger partial charge in [0.2, 0.25) is 5.91 Å². The van der Waals surface area contributed by atoms with E-state index in [0.29, 0.717) is 31.2 Å². The van der Waals surface area contributed by atoms with Gasteiger partial charge in [0, 0.05) is 42.8 Å². The van der Waals surface area contributed by atoms with Crippen molar-refractivity contribution < 1.29 is 23.4 Å². The molecular formula is C22H24N2O5. The fourth-order valence-electron chi connectivity index (χ4n) is 4.25. The number of carbonyl (C=O) groups excluding carboxylic acids is 1. The molecule has 2 fully saturated rings. The van der Waals surface area contributed by atoms with Gasteiger partial charge in [-0.1, -0.05) is 18.2 Å². The topological polar surface area (TPSA) is 73.2 Å². The van der Waals surface area contributed by atoms with Crippen molar-refractivity contribution in [1.82, 2.24) is 4.90 Å². The van der Waals surface area contributed by atoms with Crippen molar-refractivity contribution in [3.63, 3.8) is 0 Å². The number of carbonyl (C=O) groups is 1. The molecule has 3 heterocycles. The number of rotatable bonds is 4. The van der Waals surface area contributed by atoms with E-state index in [1.54, 1.807) is 7.11 Å². The SMILES string of the molecule is COc1cc2c(cc1NC(=O)CN1CCC3(CC1)OCCO3)oc1ccccc12. The maximum Gasteiger partial charge on any atom is 0.238 e. The predicted octanol–water partition coefficient (Wildman–Crippen LogP) is 3.37. The van der Waals surface area contributed by atoms with Crippen LogP contribution < -0.4 is 10.1 Å². The average molecular weight is 396 g/mol. The van der Waals surface area contributed by atoms with E-state index in [-0.39, 0.29) is 5.91 Å². The molecule has 2 aromatic carbocycles. The molecule has 2 aliphatic heterocycles. The third-order valence-corrected chi connectivity index (χ3v) is 5.77. The Balaban J connectivity index is 1.30. The van der Waals surface area contributed by atoms with Crippen molar-refractivity contribution in [2.75, 3.05) is 45.3 Å². The Hall–Kier alpha value is -2.61. The molecule has 0 atom stereocenters. The zero-order chi connectivity index (χ0) is 19.8. The largest absolute Gasteiger partial charge is 0.495 e. The van der Waals surface area contributed by atoms with Crippen LogP contribution in [0.5, 0.6) is 5.75 Å². The number of hydrogen-bond acceptors (Lipinski definition) is 6. The lowest BCUT2D eigenvalue weighted by Gasteiger charge is -2.37. The summed E-state index contributed by atoms with van der Waals surface area (Å²) in [5, 5.41) is 4.97. The van der Waals surface area contributed by atoms with Crippen LogP contribution in [-0.4, -0.2) is 56.6 Å². The van der Waals surface area contributed by atoms with E-state index in [4.69, 9.17) is 18.6 Å². The number of anilines is 1.